The predicted molar refractivity (Wildman–Crippen MR) is 51.3 cm³/mol. The molecule has 0 saturated heterocycles. The van der Waals surface area contributed by atoms with E-state index in [-0.39, 0.29) is 0 Å². The van der Waals surface area contributed by atoms with E-state index in [4.69, 9.17) is 0 Å². The quantitative estimate of drug-likeness (QED) is 0.557. The number of Topliss-reactive ketones (excluding diaryl/α,β-unsaturated/α-hetero) is 1. The molecular weight excluding hydrogens is 160 g/mol. The highest BCUT2D eigenvalue weighted by molar-refractivity contribution is 5.85. The van der Waals surface area contributed by atoms with E-state index < -0.39 is 0 Å². The smallest absolute Gasteiger partial charge is 0.136 e. The topological polar surface area (TPSA) is 17.1 Å². The largest absolute Gasteiger partial charge is 0.299 e. The molecule has 0 spiro atoms. The lowest BCUT2D eigenvalue weighted by Crippen LogP contribution is -2.28. The zero-order chi connectivity index (χ0) is 9.05. The third-order valence-corrected chi connectivity index (χ3v) is 4.91. The molecule has 1 heteroatoms. The van der Waals surface area contributed by atoms with E-state index in [1.807, 2.05) is 0 Å². The fourth-order valence-corrected chi connectivity index (χ4v) is 4.44. The molecule has 0 N–H and O–H groups in total. The minimum atomic E-state index is 0.423. The van der Waals surface area contributed by atoms with Crippen molar-refractivity contribution in [3.8, 4) is 0 Å². The predicted octanol–water partition coefficient (Wildman–Crippen LogP) is 2.79. The van der Waals surface area contributed by atoms with Crippen LogP contribution in [0.25, 0.3) is 0 Å². The second-order valence-electron chi connectivity index (χ2n) is 5.66. The average molecular weight is 178 g/mol. The van der Waals surface area contributed by atoms with E-state index in [1.54, 1.807) is 0 Å². The van der Waals surface area contributed by atoms with Crippen LogP contribution in [0.4, 0.5) is 0 Å². The number of hydrogen-bond donors (Lipinski definition) is 0. The molecule has 0 aliphatic heterocycles. The van der Waals surface area contributed by atoms with Crippen LogP contribution >= 0.6 is 0 Å². The number of hydrogen-bond acceptors (Lipinski definition) is 1. The van der Waals surface area contributed by atoms with Crippen molar-refractivity contribution < 1.29 is 4.79 Å². The highest BCUT2D eigenvalue weighted by Crippen LogP contribution is 2.61. The number of ketones is 1. The van der Waals surface area contributed by atoms with Crippen molar-refractivity contribution >= 4 is 5.78 Å². The monoisotopic (exact) mass is 178 g/mol. The van der Waals surface area contributed by atoms with Gasteiger partial charge in [0.15, 0.2) is 0 Å². The summed E-state index contributed by atoms with van der Waals surface area (Å²) in [6.45, 7) is 2.36. The van der Waals surface area contributed by atoms with Crippen LogP contribution in [0.1, 0.15) is 45.4 Å². The maximum atomic E-state index is 11.8. The average Bonchev–Trinajstić information content (AvgIpc) is 2.56. The number of carbonyl (C=O) groups excluding carboxylic acids is 1. The first-order valence-corrected chi connectivity index (χ1v) is 5.73. The molecule has 4 atom stereocenters. The third-order valence-electron chi connectivity index (χ3n) is 4.91. The van der Waals surface area contributed by atoms with E-state index in [2.05, 4.69) is 6.92 Å². The Morgan fingerprint density at radius 3 is 3.00 bits per heavy atom. The highest BCUT2D eigenvalue weighted by Gasteiger charge is 2.57. The summed E-state index contributed by atoms with van der Waals surface area (Å²) in [5, 5.41) is 0. The Balaban J connectivity index is 2.00. The number of carbonyl (C=O) groups is 1. The Kier molecular flexibility index (Phi) is 1.46. The van der Waals surface area contributed by atoms with Crippen LogP contribution in [0.3, 0.4) is 0 Å². The van der Waals surface area contributed by atoms with Gasteiger partial charge in [-0.3, -0.25) is 4.79 Å². The Morgan fingerprint density at radius 2 is 2.15 bits per heavy atom. The summed E-state index contributed by atoms with van der Waals surface area (Å²) in [6, 6.07) is 0. The molecule has 0 bridgehead atoms. The molecule has 13 heavy (non-hydrogen) atoms. The summed E-state index contributed by atoms with van der Waals surface area (Å²) >= 11 is 0. The van der Waals surface area contributed by atoms with E-state index in [0.717, 1.165) is 18.3 Å². The van der Waals surface area contributed by atoms with Crippen molar-refractivity contribution in [3.63, 3.8) is 0 Å². The van der Waals surface area contributed by atoms with Gasteiger partial charge in [0.25, 0.3) is 0 Å². The van der Waals surface area contributed by atoms with Crippen LogP contribution < -0.4 is 0 Å². The SMILES string of the molecule is CC12CCC3CCCC(C(=O)C1)C32. The summed E-state index contributed by atoms with van der Waals surface area (Å²) in [6.07, 6.45) is 7.56. The minimum Gasteiger partial charge on any atom is -0.299 e. The summed E-state index contributed by atoms with van der Waals surface area (Å²) in [5.41, 5.74) is 0.423. The van der Waals surface area contributed by atoms with Gasteiger partial charge in [-0.2, -0.15) is 0 Å². The van der Waals surface area contributed by atoms with Gasteiger partial charge in [-0.1, -0.05) is 19.8 Å². The van der Waals surface area contributed by atoms with Gasteiger partial charge in [0.2, 0.25) is 0 Å². The van der Waals surface area contributed by atoms with Crippen LogP contribution in [-0.2, 0) is 4.79 Å². The minimum absolute atomic E-state index is 0.423. The molecule has 3 aliphatic carbocycles. The summed E-state index contributed by atoms with van der Waals surface area (Å²) in [7, 11) is 0. The first-order valence-electron chi connectivity index (χ1n) is 5.73. The van der Waals surface area contributed by atoms with E-state index in [9.17, 15) is 4.79 Å². The number of rotatable bonds is 0. The van der Waals surface area contributed by atoms with Gasteiger partial charge in [-0.15, -0.1) is 0 Å². The van der Waals surface area contributed by atoms with Gasteiger partial charge < -0.3 is 0 Å². The summed E-state index contributed by atoms with van der Waals surface area (Å²) in [4.78, 5) is 11.8. The first kappa shape index (κ1) is 8.02. The molecule has 0 aromatic rings. The second kappa shape index (κ2) is 2.37. The Bertz CT molecular complexity index is 258. The van der Waals surface area contributed by atoms with Crippen LogP contribution in [-0.4, -0.2) is 5.78 Å². The maximum absolute atomic E-state index is 11.8. The molecule has 3 fully saturated rings. The van der Waals surface area contributed by atoms with Gasteiger partial charge in [0, 0.05) is 12.3 Å². The first-order chi connectivity index (χ1) is 6.21. The third kappa shape index (κ3) is 0.908. The molecule has 3 rings (SSSR count). The van der Waals surface area contributed by atoms with Crippen LogP contribution in [0.2, 0.25) is 0 Å². The Morgan fingerprint density at radius 1 is 1.31 bits per heavy atom. The van der Waals surface area contributed by atoms with E-state index in [0.29, 0.717) is 17.1 Å². The molecular formula is C12H18O. The van der Waals surface area contributed by atoms with Crippen LogP contribution in [0.5, 0.6) is 0 Å². The van der Waals surface area contributed by atoms with Gasteiger partial charge in [-0.25, -0.2) is 0 Å². The lowest BCUT2D eigenvalue weighted by Gasteiger charge is -2.33. The van der Waals surface area contributed by atoms with Crippen molar-refractivity contribution in [1.29, 1.82) is 0 Å². The fourth-order valence-electron chi connectivity index (χ4n) is 4.44. The zero-order valence-corrected chi connectivity index (χ0v) is 8.38. The van der Waals surface area contributed by atoms with Crippen molar-refractivity contribution in [1.82, 2.24) is 0 Å². The lowest BCUT2D eigenvalue weighted by molar-refractivity contribution is -0.122. The Hall–Kier alpha value is -0.330. The van der Waals surface area contributed by atoms with Crippen molar-refractivity contribution in [3.05, 3.63) is 0 Å². The lowest BCUT2D eigenvalue weighted by atomic mass is 9.70. The van der Waals surface area contributed by atoms with Crippen molar-refractivity contribution in [2.24, 2.45) is 23.2 Å². The van der Waals surface area contributed by atoms with Crippen LogP contribution in [0.15, 0.2) is 0 Å². The molecule has 3 saturated carbocycles. The Labute approximate surface area is 79.9 Å². The van der Waals surface area contributed by atoms with Crippen LogP contribution in [0, 0.1) is 23.2 Å². The maximum Gasteiger partial charge on any atom is 0.136 e. The summed E-state index contributed by atoms with van der Waals surface area (Å²) < 4.78 is 0. The molecule has 0 amide bonds. The van der Waals surface area contributed by atoms with E-state index in [1.165, 1.54) is 32.1 Å². The molecule has 0 radical (unpaired) electrons. The normalized spacial score (nSPS) is 53.9. The fraction of sp³-hybridized carbons (Fsp3) is 0.917. The molecule has 0 aromatic carbocycles. The van der Waals surface area contributed by atoms with Gasteiger partial charge in [0.1, 0.15) is 5.78 Å². The molecule has 4 unspecified atom stereocenters. The second-order valence-corrected chi connectivity index (χ2v) is 5.66. The van der Waals surface area contributed by atoms with Gasteiger partial charge in [0.05, 0.1) is 0 Å². The molecule has 0 heterocycles. The zero-order valence-electron chi connectivity index (χ0n) is 8.38. The van der Waals surface area contributed by atoms with Gasteiger partial charge in [-0.05, 0) is 36.5 Å². The summed E-state index contributed by atoms with van der Waals surface area (Å²) in [5.74, 6) is 2.77. The molecule has 3 aliphatic rings. The highest BCUT2D eigenvalue weighted by atomic mass is 16.1. The van der Waals surface area contributed by atoms with E-state index >= 15 is 0 Å². The standard InChI is InChI=1S/C12H18O/c1-12-6-5-8-3-2-4-9(11(8)12)10(13)7-12/h8-9,11H,2-7H2,1H3. The molecule has 72 valence electrons. The van der Waals surface area contributed by atoms with Gasteiger partial charge >= 0.3 is 0 Å². The van der Waals surface area contributed by atoms with Crippen molar-refractivity contribution in [2.75, 3.05) is 0 Å². The van der Waals surface area contributed by atoms with Crippen molar-refractivity contribution in [2.45, 2.75) is 45.4 Å². The molecule has 1 nitrogen and oxygen atoms in total. The molecule has 0 aromatic heterocycles.